The van der Waals surface area contributed by atoms with Crippen LogP contribution in [0.25, 0.3) is 0 Å². The maximum Gasteiger partial charge on any atom is 0.0414 e. The Hall–Kier alpha value is -1.06. The first-order valence-corrected chi connectivity index (χ1v) is 6.85. The third-order valence-corrected chi connectivity index (χ3v) is 4.04. The zero-order valence-electron chi connectivity index (χ0n) is 11.8. The van der Waals surface area contributed by atoms with Crippen molar-refractivity contribution >= 4 is 5.69 Å². The summed E-state index contributed by atoms with van der Waals surface area (Å²) in [5.74, 6) is 0. The van der Waals surface area contributed by atoms with Crippen molar-refractivity contribution in [3.8, 4) is 0 Å². The quantitative estimate of drug-likeness (QED) is 0.889. The van der Waals surface area contributed by atoms with Gasteiger partial charge in [-0.15, -0.1) is 0 Å². The minimum absolute atomic E-state index is 0.0925. The van der Waals surface area contributed by atoms with Crippen LogP contribution in [0.2, 0.25) is 0 Å². The molecule has 0 radical (unpaired) electrons. The van der Waals surface area contributed by atoms with Crippen LogP contribution >= 0.6 is 0 Å². The van der Waals surface area contributed by atoms with E-state index in [0.29, 0.717) is 6.04 Å². The van der Waals surface area contributed by atoms with Gasteiger partial charge in [0, 0.05) is 24.8 Å². The van der Waals surface area contributed by atoms with Gasteiger partial charge in [-0.1, -0.05) is 18.2 Å². The molecule has 0 spiro atoms. The van der Waals surface area contributed by atoms with Gasteiger partial charge in [0.05, 0.1) is 0 Å². The Morgan fingerprint density at radius 1 is 1.28 bits per heavy atom. The van der Waals surface area contributed by atoms with Gasteiger partial charge in [-0.25, -0.2) is 0 Å². The Labute approximate surface area is 111 Å². The summed E-state index contributed by atoms with van der Waals surface area (Å²) in [4.78, 5) is 4.83. The number of rotatable bonds is 3. The molecule has 1 aliphatic rings. The van der Waals surface area contributed by atoms with Crippen LogP contribution < -0.4 is 10.6 Å². The summed E-state index contributed by atoms with van der Waals surface area (Å²) < 4.78 is 0. The molecule has 1 fully saturated rings. The number of hydrogen-bond acceptors (Lipinski definition) is 3. The number of hydrogen-bond donors (Lipinski definition) is 1. The molecule has 1 atom stereocenters. The Bertz CT molecular complexity index is 381. The number of nitrogens with two attached hydrogens (primary N) is 1. The average molecular weight is 247 g/mol. The molecule has 0 saturated carbocycles. The summed E-state index contributed by atoms with van der Waals surface area (Å²) >= 11 is 0. The number of anilines is 1. The normalized spacial score (nSPS) is 19.8. The van der Waals surface area contributed by atoms with E-state index < -0.39 is 0 Å². The SMILES string of the molecule is CC(N)c1ccccc1N(C)C1CCN(C)CC1. The fraction of sp³-hybridized carbons (Fsp3) is 0.600. The molecule has 0 aliphatic carbocycles. The zero-order chi connectivity index (χ0) is 13.1. The van der Waals surface area contributed by atoms with Crippen molar-refractivity contribution in [1.29, 1.82) is 0 Å². The molecule has 1 aromatic rings. The molecule has 0 amide bonds. The summed E-state index contributed by atoms with van der Waals surface area (Å²) in [6, 6.07) is 9.25. The highest BCUT2D eigenvalue weighted by Crippen LogP contribution is 2.28. The van der Waals surface area contributed by atoms with Crippen molar-refractivity contribution in [3.63, 3.8) is 0 Å². The molecule has 100 valence electrons. The standard InChI is InChI=1S/C15H25N3/c1-12(16)14-6-4-5-7-15(14)18(3)13-8-10-17(2)11-9-13/h4-7,12-13H,8-11,16H2,1-3H3. The molecule has 2 rings (SSSR count). The molecule has 1 unspecified atom stereocenters. The largest absolute Gasteiger partial charge is 0.371 e. The number of benzene rings is 1. The molecule has 1 aliphatic heterocycles. The number of likely N-dealkylation sites (tertiary alicyclic amines) is 1. The van der Waals surface area contributed by atoms with Crippen molar-refractivity contribution in [2.45, 2.75) is 31.8 Å². The monoisotopic (exact) mass is 247 g/mol. The van der Waals surface area contributed by atoms with Gasteiger partial charge in [-0.05, 0) is 51.5 Å². The number of nitrogens with zero attached hydrogens (tertiary/aromatic N) is 2. The summed E-state index contributed by atoms with van der Waals surface area (Å²) in [5.41, 5.74) is 8.61. The maximum absolute atomic E-state index is 6.07. The Kier molecular flexibility index (Phi) is 4.25. The zero-order valence-corrected chi connectivity index (χ0v) is 11.8. The van der Waals surface area contributed by atoms with E-state index in [1.807, 2.05) is 0 Å². The van der Waals surface area contributed by atoms with E-state index >= 15 is 0 Å². The van der Waals surface area contributed by atoms with Crippen LogP contribution in [-0.2, 0) is 0 Å². The topological polar surface area (TPSA) is 32.5 Å². The molecule has 0 aromatic heterocycles. The fourth-order valence-corrected chi connectivity index (χ4v) is 2.77. The maximum atomic E-state index is 6.07. The molecule has 18 heavy (non-hydrogen) atoms. The van der Waals surface area contributed by atoms with Crippen molar-refractivity contribution in [3.05, 3.63) is 29.8 Å². The van der Waals surface area contributed by atoms with E-state index in [0.717, 1.165) is 0 Å². The van der Waals surface area contributed by atoms with Gasteiger partial charge in [0.15, 0.2) is 0 Å². The molecule has 0 bridgehead atoms. The Morgan fingerprint density at radius 3 is 2.50 bits per heavy atom. The summed E-state index contributed by atoms with van der Waals surface area (Å²) in [7, 11) is 4.41. The minimum Gasteiger partial charge on any atom is -0.371 e. The van der Waals surface area contributed by atoms with Crippen molar-refractivity contribution in [2.75, 3.05) is 32.1 Å². The lowest BCUT2D eigenvalue weighted by atomic mass is 10.0. The molecule has 1 aromatic carbocycles. The lowest BCUT2D eigenvalue weighted by Crippen LogP contribution is -2.42. The van der Waals surface area contributed by atoms with Crippen molar-refractivity contribution in [1.82, 2.24) is 4.90 Å². The van der Waals surface area contributed by atoms with Gasteiger partial charge in [-0.2, -0.15) is 0 Å². The van der Waals surface area contributed by atoms with Gasteiger partial charge in [-0.3, -0.25) is 0 Å². The lowest BCUT2D eigenvalue weighted by molar-refractivity contribution is 0.252. The van der Waals surface area contributed by atoms with Gasteiger partial charge in [0.2, 0.25) is 0 Å². The van der Waals surface area contributed by atoms with Crippen LogP contribution in [0.4, 0.5) is 5.69 Å². The summed E-state index contributed by atoms with van der Waals surface area (Å²) in [5, 5.41) is 0. The number of piperidine rings is 1. The highest BCUT2D eigenvalue weighted by atomic mass is 15.2. The van der Waals surface area contributed by atoms with Gasteiger partial charge in [0.25, 0.3) is 0 Å². The van der Waals surface area contributed by atoms with Gasteiger partial charge in [0.1, 0.15) is 0 Å². The highest BCUT2D eigenvalue weighted by Gasteiger charge is 2.22. The van der Waals surface area contributed by atoms with Crippen LogP contribution in [0.3, 0.4) is 0 Å². The van der Waals surface area contributed by atoms with Crippen molar-refractivity contribution in [2.24, 2.45) is 5.73 Å². The second kappa shape index (κ2) is 5.72. The van der Waals surface area contributed by atoms with Crippen molar-refractivity contribution < 1.29 is 0 Å². The average Bonchev–Trinajstić information content (AvgIpc) is 2.39. The predicted octanol–water partition coefficient (Wildman–Crippen LogP) is 2.24. The van der Waals surface area contributed by atoms with E-state index in [9.17, 15) is 0 Å². The molecular weight excluding hydrogens is 222 g/mol. The third kappa shape index (κ3) is 2.85. The van der Waals surface area contributed by atoms with E-state index in [2.05, 4.69) is 55.1 Å². The van der Waals surface area contributed by atoms with Crippen LogP contribution in [0, 0.1) is 0 Å². The lowest BCUT2D eigenvalue weighted by Gasteiger charge is -2.37. The van der Waals surface area contributed by atoms with E-state index in [-0.39, 0.29) is 6.04 Å². The van der Waals surface area contributed by atoms with Crippen LogP contribution in [0.1, 0.15) is 31.4 Å². The van der Waals surface area contributed by atoms with Gasteiger partial charge < -0.3 is 15.5 Å². The van der Waals surface area contributed by atoms with E-state index in [1.54, 1.807) is 0 Å². The first kappa shape index (κ1) is 13.4. The Morgan fingerprint density at radius 2 is 1.89 bits per heavy atom. The third-order valence-electron chi connectivity index (χ3n) is 4.04. The second-order valence-electron chi connectivity index (χ2n) is 5.49. The fourth-order valence-electron chi connectivity index (χ4n) is 2.77. The molecule has 3 nitrogen and oxygen atoms in total. The molecule has 2 N–H and O–H groups in total. The predicted molar refractivity (Wildman–Crippen MR) is 78.0 cm³/mol. The smallest absolute Gasteiger partial charge is 0.0414 e. The first-order chi connectivity index (χ1) is 8.59. The van der Waals surface area contributed by atoms with E-state index in [4.69, 9.17) is 5.73 Å². The minimum atomic E-state index is 0.0925. The summed E-state index contributed by atoms with van der Waals surface area (Å²) in [6.45, 7) is 4.44. The Balaban J connectivity index is 2.15. The summed E-state index contributed by atoms with van der Waals surface area (Å²) in [6.07, 6.45) is 2.47. The van der Waals surface area contributed by atoms with Crippen LogP contribution in [-0.4, -0.2) is 38.1 Å². The second-order valence-corrected chi connectivity index (χ2v) is 5.49. The van der Waals surface area contributed by atoms with Crippen LogP contribution in [0.15, 0.2) is 24.3 Å². The molecular formula is C15H25N3. The van der Waals surface area contributed by atoms with Crippen LogP contribution in [0.5, 0.6) is 0 Å². The molecule has 1 heterocycles. The highest BCUT2D eigenvalue weighted by molar-refractivity contribution is 5.55. The first-order valence-electron chi connectivity index (χ1n) is 6.85. The van der Waals surface area contributed by atoms with Gasteiger partial charge >= 0.3 is 0 Å². The molecule has 3 heteroatoms. The number of para-hydroxylation sites is 1. The van der Waals surface area contributed by atoms with E-state index in [1.165, 1.54) is 37.2 Å². The molecule has 1 saturated heterocycles.